The van der Waals surface area contributed by atoms with Crippen LogP contribution in [0.1, 0.15) is 47.0 Å². The van der Waals surface area contributed by atoms with E-state index in [0.29, 0.717) is 18.0 Å². The van der Waals surface area contributed by atoms with Crippen LogP contribution in [-0.4, -0.2) is 60.1 Å². The van der Waals surface area contributed by atoms with E-state index >= 15 is 0 Å². The highest BCUT2D eigenvalue weighted by molar-refractivity contribution is 5.17. The Hall–Kier alpha value is -0.630. The van der Waals surface area contributed by atoms with Gasteiger partial charge in [0.25, 0.3) is 0 Å². The summed E-state index contributed by atoms with van der Waals surface area (Å²) in [6, 6.07) is 3.68. The summed E-state index contributed by atoms with van der Waals surface area (Å²) in [7, 11) is 0. The minimum Gasteiger partial charge on any atom is -0.300 e. The van der Waals surface area contributed by atoms with Gasteiger partial charge in [-0.25, -0.2) is 0 Å². The van der Waals surface area contributed by atoms with E-state index in [1.54, 1.807) is 0 Å². The van der Waals surface area contributed by atoms with Crippen molar-refractivity contribution in [3.05, 3.63) is 0 Å². The lowest BCUT2D eigenvalue weighted by molar-refractivity contribution is 0.184. The standard InChI is InChI=1S/C17H32N4/c1-5-21(6-2)16-9-10-20(11-16)13-17(12-18,15-7-8-15)19-14(3)4/h14-16,19H,5-11,13H2,1-4H3. The maximum atomic E-state index is 9.81. The molecule has 2 atom stereocenters. The third-order valence-electron chi connectivity index (χ3n) is 5.07. The van der Waals surface area contributed by atoms with Crippen LogP contribution in [0.15, 0.2) is 0 Å². The molecule has 1 aliphatic heterocycles. The summed E-state index contributed by atoms with van der Waals surface area (Å²) in [5, 5.41) is 13.4. The molecule has 0 radical (unpaired) electrons. The van der Waals surface area contributed by atoms with Gasteiger partial charge < -0.3 is 0 Å². The number of nitrogens with one attached hydrogen (secondary N) is 1. The molecule has 0 aromatic heterocycles. The maximum absolute atomic E-state index is 9.81. The highest BCUT2D eigenvalue weighted by Gasteiger charge is 2.47. The molecule has 1 heterocycles. The van der Waals surface area contributed by atoms with Gasteiger partial charge in [0.15, 0.2) is 0 Å². The summed E-state index contributed by atoms with van der Waals surface area (Å²) in [4.78, 5) is 5.07. The van der Waals surface area contributed by atoms with Crippen molar-refractivity contribution in [3.8, 4) is 6.07 Å². The molecular weight excluding hydrogens is 260 g/mol. The predicted octanol–water partition coefficient (Wildman–Crippen LogP) is 2.07. The summed E-state index contributed by atoms with van der Waals surface area (Å²) < 4.78 is 0. The Morgan fingerprint density at radius 2 is 1.95 bits per heavy atom. The highest BCUT2D eigenvalue weighted by atomic mass is 15.3. The van der Waals surface area contributed by atoms with E-state index in [2.05, 4.69) is 48.9 Å². The van der Waals surface area contributed by atoms with Crippen LogP contribution in [0, 0.1) is 17.2 Å². The number of nitriles is 1. The molecule has 4 heteroatoms. The van der Waals surface area contributed by atoms with Crippen LogP contribution in [0.3, 0.4) is 0 Å². The number of hydrogen-bond acceptors (Lipinski definition) is 4. The third kappa shape index (κ3) is 3.97. The van der Waals surface area contributed by atoms with Crippen molar-refractivity contribution in [1.29, 1.82) is 5.26 Å². The SMILES string of the molecule is CCN(CC)C1CCN(CC(C#N)(NC(C)C)C2CC2)C1. The smallest absolute Gasteiger partial charge is 0.122 e. The molecule has 1 N–H and O–H groups in total. The zero-order valence-electron chi connectivity index (χ0n) is 14.2. The van der Waals surface area contributed by atoms with Gasteiger partial charge in [0.05, 0.1) is 6.07 Å². The highest BCUT2D eigenvalue weighted by Crippen LogP contribution is 2.40. The minimum absolute atomic E-state index is 0.327. The van der Waals surface area contributed by atoms with E-state index in [9.17, 15) is 5.26 Å². The van der Waals surface area contributed by atoms with E-state index in [0.717, 1.165) is 32.7 Å². The molecule has 0 bridgehead atoms. The molecule has 0 amide bonds. The average Bonchev–Trinajstić information content (AvgIpc) is 3.22. The molecule has 0 spiro atoms. The fourth-order valence-electron chi connectivity index (χ4n) is 3.89. The minimum atomic E-state index is -0.327. The Morgan fingerprint density at radius 3 is 2.43 bits per heavy atom. The maximum Gasteiger partial charge on any atom is 0.122 e. The van der Waals surface area contributed by atoms with E-state index in [4.69, 9.17) is 0 Å². The zero-order chi connectivity index (χ0) is 15.5. The molecule has 2 aliphatic rings. The zero-order valence-corrected chi connectivity index (χ0v) is 14.2. The van der Waals surface area contributed by atoms with Crippen molar-refractivity contribution in [2.45, 2.75) is 64.6 Å². The average molecular weight is 292 g/mol. The Balaban J connectivity index is 1.97. The van der Waals surface area contributed by atoms with Crippen molar-refractivity contribution in [2.24, 2.45) is 5.92 Å². The molecule has 1 saturated carbocycles. The van der Waals surface area contributed by atoms with Crippen LogP contribution < -0.4 is 5.32 Å². The van der Waals surface area contributed by atoms with Crippen LogP contribution in [-0.2, 0) is 0 Å². The predicted molar refractivity (Wildman–Crippen MR) is 87.1 cm³/mol. The second kappa shape index (κ2) is 7.09. The van der Waals surface area contributed by atoms with Gasteiger partial charge in [-0.2, -0.15) is 5.26 Å². The first-order valence-electron chi connectivity index (χ1n) is 8.70. The topological polar surface area (TPSA) is 42.3 Å². The molecule has 0 aromatic rings. The Labute approximate surface area is 130 Å². The van der Waals surface area contributed by atoms with Crippen LogP contribution in [0.2, 0.25) is 0 Å². The summed E-state index contributed by atoms with van der Waals surface area (Å²) in [6.45, 7) is 14.2. The molecule has 2 fully saturated rings. The molecule has 1 aliphatic carbocycles. The van der Waals surface area contributed by atoms with E-state index in [1.807, 2.05) is 0 Å². The molecule has 21 heavy (non-hydrogen) atoms. The Morgan fingerprint density at radius 1 is 1.29 bits per heavy atom. The van der Waals surface area contributed by atoms with Crippen molar-refractivity contribution in [3.63, 3.8) is 0 Å². The van der Waals surface area contributed by atoms with Crippen molar-refractivity contribution >= 4 is 0 Å². The van der Waals surface area contributed by atoms with Gasteiger partial charge >= 0.3 is 0 Å². The van der Waals surface area contributed by atoms with Gasteiger partial charge in [0, 0.05) is 25.2 Å². The van der Waals surface area contributed by atoms with Gasteiger partial charge in [0.2, 0.25) is 0 Å². The number of hydrogen-bond donors (Lipinski definition) is 1. The lowest BCUT2D eigenvalue weighted by atomic mass is 9.93. The first kappa shape index (κ1) is 16.7. The number of nitrogens with zero attached hydrogens (tertiary/aromatic N) is 3. The molecular formula is C17H32N4. The third-order valence-corrected chi connectivity index (χ3v) is 5.07. The number of likely N-dealkylation sites (tertiary alicyclic amines) is 1. The second-order valence-corrected chi connectivity index (χ2v) is 7.06. The molecule has 4 nitrogen and oxygen atoms in total. The van der Waals surface area contributed by atoms with Crippen molar-refractivity contribution in [1.82, 2.24) is 15.1 Å². The summed E-state index contributed by atoms with van der Waals surface area (Å²) in [5.41, 5.74) is -0.327. The van der Waals surface area contributed by atoms with Gasteiger partial charge in [-0.05, 0) is 58.7 Å². The van der Waals surface area contributed by atoms with E-state index in [1.165, 1.54) is 19.3 Å². The largest absolute Gasteiger partial charge is 0.300 e. The van der Waals surface area contributed by atoms with Crippen molar-refractivity contribution < 1.29 is 0 Å². The van der Waals surface area contributed by atoms with Gasteiger partial charge in [0.1, 0.15) is 5.54 Å². The van der Waals surface area contributed by atoms with Gasteiger partial charge in [-0.15, -0.1) is 0 Å². The second-order valence-electron chi connectivity index (χ2n) is 7.06. The van der Waals surface area contributed by atoms with Crippen molar-refractivity contribution in [2.75, 3.05) is 32.7 Å². The van der Waals surface area contributed by atoms with Crippen LogP contribution in [0.4, 0.5) is 0 Å². The number of likely N-dealkylation sites (N-methyl/N-ethyl adjacent to an activating group) is 1. The summed E-state index contributed by atoms with van der Waals surface area (Å²) >= 11 is 0. The molecule has 2 unspecified atom stereocenters. The monoisotopic (exact) mass is 292 g/mol. The number of rotatable bonds is 8. The Kier molecular flexibility index (Phi) is 5.65. The first-order chi connectivity index (χ1) is 10.0. The first-order valence-corrected chi connectivity index (χ1v) is 8.70. The normalized spacial score (nSPS) is 26.2. The Bertz CT molecular complexity index is 367. The summed E-state index contributed by atoms with van der Waals surface area (Å²) in [5.74, 6) is 0.553. The van der Waals surface area contributed by atoms with Gasteiger partial charge in [-0.1, -0.05) is 13.8 Å². The quantitative estimate of drug-likeness (QED) is 0.744. The molecule has 2 rings (SSSR count). The molecule has 1 saturated heterocycles. The van der Waals surface area contributed by atoms with Gasteiger partial charge in [-0.3, -0.25) is 15.1 Å². The van der Waals surface area contributed by atoms with Crippen LogP contribution >= 0.6 is 0 Å². The fraction of sp³-hybridized carbons (Fsp3) is 0.941. The lowest BCUT2D eigenvalue weighted by Crippen LogP contribution is -2.56. The molecule has 0 aromatic carbocycles. The van der Waals surface area contributed by atoms with Crippen LogP contribution in [0.25, 0.3) is 0 Å². The van der Waals surface area contributed by atoms with E-state index in [-0.39, 0.29) is 5.54 Å². The lowest BCUT2D eigenvalue weighted by Gasteiger charge is -2.34. The summed E-state index contributed by atoms with van der Waals surface area (Å²) in [6.07, 6.45) is 3.66. The molecule has 120 valence electrons. The van der Waals surface area contributed by atoms with Crippen LogP contribution in [0.5, 0.6) is 0 Å². The fourth-order valence-corrected chi connectivity index (χ4v) is 3.89. The van der Waals surface area contributed by atoms with E-state index < -0.39 is 0 Å².